The van der Waals surface area contributed by atoms with E-state index in [1.165, 1.54) is 0 Å². The van der Waals surface area contributed by atoms with E-state index >= 15 is 0 Å². The molecule has 0 saturated heterocycles. The second-order valence-corrected chi connectivity index (χ2v) is 7.04. The first-order valence-electron chi connectivity index (χ1n) is 7.42. The van der Waals surface area contributed by atoms with Crippen molar-refractivity contribution in [1.29, 1.82) is 0 Å². The summed E-state index contributed by atoms with van der Waals surface area (Å²) in [5.74, 6) is -0.0284. The van der Waals surface area contributed by atoms with Crippen molar-refractivity contribution in [2.75, 3.05) is 14.1 Å². The number of amides is 1. The smallest absolute Gasteiger partial charge is 0.256 e. The maximum absolute atomic E-state index is 12.6. The van der Waals surface area contributed by atoms with Crippen LogP contribution in [0.4, 0.5) is 0 Å². The zero-order valence-electron chi connectivity index (χ0n) is 13.3. The van der Waals surface area contributed by atoms with Gasteiger partial charge in [0.25, 0.3) is 5.91 Å². The molecule has 0 fully saturated rings. The van der Waals surface area contributed by atoms with Crippen LogP contribution < -0.4 is 0 Å². The Kier molecular flexibility index (Phi) is 4.78. The zero-order chi connectivity index (χ0) is 17.3. The van der Waals surface area contributed by atoms with E-state index in [0.29, 0.717) is 10.6 Å². The Morgan fingerprint density at radius 2 is 1.83 bits per heavy atom. The molecule has 24 heavy (non-hydrogen) atoms. The molecule has 122 valence electrons. The highest BCUT2D eigenvalue weighted by atomic mass is 79.9. The first kappa shape index (κ1) is 16.8. The average molecular weight is 404 g/mol. The standard InChI is InChI=1S/C19H16BrClN2O/c1-23(2)19(24)18-15-9-6-13(20)11-17(15)22-16(18)10-5-12-3-7-14(21)8-4-12/h3-11,22H,1-2H3/b10-5+. The van der Waals surface area contributed by atoms with Gasteiger partial charge in [-0.25, -0.2) is 0 Å². The number of aromatic amines is 1. The SMILES string of the molecule is CN(C)C(=O)c1c(/C=C/c2ccc(Cl)cc2)[nH]c2cc(Br)ccc12. The summed E-state index contributed by atoms with van der Waals surface area (Å²) in [5, 5.41) is 1.61. The number of fused-ring (bicyclic) bond motifs is 1. The number of carbonyl (C=O) groups is 1. The summed E-state index contributed by atoms with van der Waals surface area (Å²) < 4.78 is 0.966. The maximum atomic E-state index is 12.6. The number of nitrogens with one attached hydrogen (secondary N) is 1. The number of halogens is 2. The van der Waals surface area contributed by atoms with Gasteiger partial charge in [0.05, 0.1) is 11.3 Å². The van der Waals surface area contributed by atoms with E-state index in [9.17, 15) is 4.79 Å². The molecule has 1 aromatic heterocycles. The highest BCUT2D eigenvalue weighted by Gasteiger charge is 2.18. The molecule has 5 heteroatoms. The molecule has 3 nitrogen and oxygen atoms in total. The van der Waals surface area contributed by atoms with E-state index in [0.717, 1.165) is 26.6 Å². The molecule has 3 aromatic rings. The molecular formula is C19H16BrClN2O. The molecule has 2 aromatic carbocycles. The number of benzene rings is 2. The highest BCUT2D eigenvalue weighted by Crippen LogP contribution is 2.27. The Morgan fingerprint density at radius 1 is 1.12 bits per heavy atom. The molecule has 1 heterocycles. The van der Waals surface area contributed by atoms with Crippen LogP contribution in [0.5, 0.6) is 0 Å². The quantitative estimate of drug-likeness (QED) is 0.619. The Balaban J connectivity index is 2.10. The van der Waals surface area contributed by atoms with E-state index in [1.54, 1.807) is 19.0 Å². The van der Waals surface area contributed by atoms with E-state index in [-0.39, 0.29) is 5.91 Å². The third-order valence-electron chi connectivity index (χ3n) is 3.72. The van der Waals surface area contributed by atoms with Crippen LogP contribution in [0.15, 0.2) is 46.9 Å². The lowest BCUT2D eigenvalue weighted by molar-refractivity contribution is 0.0829. The lowest BCUT2D eigenvalue weighted by Gasteiger charge is -2.10. The van der Waals surface area contributed by atoms with E-state index in [1.807, 2.05) is 54.6 Å². The second kappa shape index (κ2) is 6.83. The molecule has 0 bridgehead atoms. The highest BCUT2D eigenvalue weighted by molar-refractivity contribution is 9.10. The summed E-state index contributed by atoms with van der Waals surface area (Å²) in [6, 6.07) is 13.4. The lowest BCUT2D eigenvalue weighted by atomic mass is 10.1. The molecule has 0 radical (unpaired) electrons. The van der Waals surface area contributed by atoms with Crippen molar-refractivity contribution in [3.63, 3.8) is 0 Å². The van der Waals surface area contributed by atoms with Gasteiger partial charge in [-0.05, 0) is 35.9 Å². The van der Waals surface area contributed by atoms with Crippen LogP contribution in [0.2, 0.25) is 5.02 Å². The molecular weight excluding hydrogens is 388 g/mol. The van der Waals surface area contributed by atoms with Gasteiger partial charge in [0.15, 0.2) is 0 Å². The minimum Gasteiger partial charge on any atom is -0.354 e. The van der Waals surface area contributed by atoms with Crippen molar-refractivity contribution in [3.8, 4) is 0 Å². The Labute approximate surface area is 154 Å². The molecule has 0 atom stereocenters. The number of nitrogens with zero attached hydrogens (tertiary/aromatic N) is 1. The van der Waals surface area contributed by atoms with Gasteiger partial charge in [-0.2, -0.15) is 0 Å². The fourth-order valence-corrected chi connectivity index (χ4v) is 3.01. The molecule has 0 aliphatic rings. The molecule has 0 saturated carbocycles. The van der Waals surface area contributed by atoms with E-state index in [2.05, 4.69) is 20.9 Å². The van der Waals surface area contributed by atoms with Crippen LogP contribution in [0.3, 0.4) is 0 Å². The predicted molar refractivity (Wildman–Crippen MR) is 104 cm³/mol. The predicted octanol–water partition coefficient (Wildman–Crippen LogP) is 5.46. The van der Waals surface area contributed by atoms with Gasteiger partial charge in [0.2, 0.25) is 0 Å². The van der Waals surface area contributed by atoms with Crippen LogP contribution in [-0.4, -0.2) is 29.9 Å². The first-order valence-corrected chi connectivity index (χ1v) is 8.59. The topological polar surface area (TPSA) is 36.1 Å². The number of hydrogen-bond donors (Lipinski definition) is 1. The van der Waals surface area contributed by atoms with Gasteiger partial charge < -0.3 is 9.88 Å². The Hall–Kier alpha value is -2.04. The van der Waals surface area contributed by atoms with Crippen LogP contribution in [0, 0.1) is 0 Å². The van der Waals surface area contributed by atoms with E-state index < -0.39 is 0 Å². The van der Waals surface area contributed by atoms with Gasteiger partial charge in [-0.1, -0.05) is 51.8 Å². The fraction of sp³-hybridized carbons (Fsp3) is 0.105. The van der Waals surface area contributed by atoms with Crippen molar-refractivity contribution in [1.82, 2.24) is 9.88 Å². The third kappa shape index (κ3) is 3.40. The molecule has 3 rings (SSSR count). The lowest BCUT2D eigenvalue weighted by Crippen LogP contribution is -2.22. The fourth-order valence-electron chi connectivity index (χ4n) is 2.52. The minimum atomic E-state index is -0.0284. The van der Waals surface area contributed by atoms with Crippen molar-refractivity contribution in [2.45, 2.75) is 0 Å². The van der Waals surface area contributed by atoms with Gasteiger partial charge in [0.1, 0.15) is 0 Å². The average Bonchev–Trinajstić information content (AvgIpc) is 2.90. The largest absolute Gasteiger partial charge is 0.354 e. The molecule has 0 aliphatic carbocycles. The number of hydrogen-bond acceptors (Lipinski definition) is 1. The van der Waals surface area contributed by atoms with Gasteiger partial charge >= 0.3 is 0 Å². The minimum absolute atomic E-state index is 0.0284. The summed E-state index contributed by atoms with van der Waals surface area (Å²) in [4.78, 5) is 17.5. The molecule has 0 aliphatic heterocycles. The first-order chi connectivity index (χ1) is 11.5. The summed E-state index contributed by atoms with van der Waals surface area (Å²) in [7, 11) is 3.51. The van der Waals surface area contributed by atoms with Crippen molar-refractivity contribution >= 4 is 56.5 Å². The maximum Gasteiger partial charge on any atom is 0.256 e. The van der Waals surface area contributed by atoms with Crippen LogP contribution in [-0.2, 0) is 0 Å². The Morgan fingerprint density at radius 3 is 2.50 bits per heavy atom. The number of rotatable bonds is 3. The summed E-state index contributed by atoms with van der Waals surface area (Å²) in [5.41, 5.74) is 3.40. The zero-order valence-corrected chi connectivity index (χ0v) is 15.6. The number of carbonyl (C=O) groups excluding carboxylic acids is 1. The van der Waals surface area contributed by atoms with Crippen molar-refractivity contribution < 1.29 is 4.79 Å². The molecule has 1 amide bonds. The summed E-state index contributed by atoms with van der Waals surface area (Å²) in [6.07, 6.45) is 3.89. The molecule has 0 spiro atoms. The van der Waals surface area contributed by atoms with E-state index in [4.69, 9.17) is 11.6 Å². The van der Waals surface area contributed by atoms with Crippen LogP contribution in [0.25, 0.3) is 23.1 Å². The van der Waals surface area contributed by atoms with Crippen molar-refractivity contribution in [2.24, 2.45) is 0 Å². The van der Waals surface area contributed by atoms with Gasteiger partial charge in [-0.3, -0.25) is 4.79 Å². The van der Waals surface area contributed by atoms with Gasteiger partial charge in [-0.15, -0.1) is 0 Å². The third-order valence-corrected chi connectivity index (χ3v) is 4.47. The molecule has 1 N–H and O–H groups in total. The Bertz CT molecular complexity index is 926. The molecule has 0 unspecified atom stereocenters. The van der Waals surface area contributed by atoms with Crippen LogP contribution >= 0.6 is 27.5 Å². The van der Waals surface area contributed by atoms with Crippen molar-refractivity contribution in [3.05, 3.63) is 68.8 Å². The normalized spacial score (nSPS) is 11.3. The monoisotopic (exact) mass is 402 g/mol. The number of H-pyrrole nitrogens is 1. The summed E-state index contributed by atoms with van der Waals surface area (Å²) >= 11 is 9.38. The van der Waals surface area contributed by atoms with Gasteiger partial charge in [0, 0.05) is 34.5 Å². The second-order valence-electron chi connectivity index (χ2n) is 5.69. The summed E-state index contributed by atoms with van der Waals surface area (Å²) in [6.45, 7) is 0. The van der Waals surface area contributed by atoms with Crippen LogP contribution in [0.1, 0.15) is 21.6 Å². The number of aromatic nitrogens is 1.